The Bertz CT molecular complexity index is 699. The highest BCUT2D eigenvalue weighted by molar-refractivity contribution is 6.12. The van der Waals surface area contributed by atoms with Gasteiger partial charge in [0.25, 0.3) is 0 Å². The molecule has 0 aromatic rings. The molecule has 6 nitrogen and oxygen atoms in total. The molecule has 1 saturated heterocycles. The van der Waals surface area contributed by atoms with Crippen LogP contribution in [0.5, 0.6) is 0 Å². The zero-order chi connectivity index (χ0) is 19.6. The molecule has 1 amide bonds. The van der Waals surface area contributed by atoms with Crippen LogP contribution in [0.2, 0.25) is 0 Å². The summed E-state index contributed by atoms with van der Waals surface area (Å²) in [7, 11) is 0. The molecular weight excluding hydrogens is 338 g/mol. The minimum Gasteiger partial charge on any atom is -0.369 e. The smallest absolute Gasteiger partial charge is 0.222 e. The van der Waals surface area contributed by atoms with Gasteiger partial charge in [0, 0.05) is 31.8 Å². The molecule has 1 atom stereocenters. The summed E-state index contributed by atoms with van der Waals surface area (Å²) in [5, 5.41) is 0. The summed E-state index contributed by atoms with van der Waals surface area (Å²) in [6.45, 7) is 8.43. The molecule has 0 spiro atoms. The van der Waals surface area contributed by atoms with Crippen LogP contribution < -0.4 is 11.5 Å². The third-order valence-electron chi connectivity index (χ3n) is 4.65. The number of nitrogens with two attached hydrogens (primary N) is 2. The van der Waals surface area contributed by atoms with Gasteiger partial charge in [0.05, 0.1) is 18.2 Å². The van der Waals surface area contributed by atoms with Crippen molar-refractivity contribution in [2.75, 3.05) is 26.2 Å². The molecule has 2 aliphatic heterocycles. The molecule has 4 N–H and O–H groups in total. The number of unbranched alkanes of at least 4 members (excludes halogenated alkanes) is 1. The number of rotatable bonds is 8. The molecule has 1 unspecified atom stereocenters. The Hall–Kier alpha value is -2.47. The molecule has 1 fully saturated rings. The maximum Gasteiger partial charge on any atom is 0.222 e. The Morgan fingerprint density at radius 1 is 1.52 bits per heavy atom. The van der Waals surface area contributed by atoms with Crippen molar-refractivity contribution in [1.82, 2.24) is 4.90 Å². The van der Waals surface area contributed by atoms with E-state index in [1.807, 2.05) is 18.2 Å². The largest absolute Gasteiger partial charge is 0.369 e. The Morgan fingerprint density at radius 3 is 2.96 bits per heavy atom. The van der Waals surface area contributed by atoms with E-state index in [0.29, 0.717) is 26.1 Å². The first-order valence-corrected chi connectivity index (χ1v) is 9.65. The number of nitrogens with zero attached hydrogens (tertiary/aromatic N) is 3. The lowest BCUT2D eigenvalue weighted by molar-refractivity contribution is -0.121. The standard InChI is InChI=1S/C21H31N5O/c1-3-5-7-16(8-6-4-2)19-13-18(24-11-10-22)14-20(25-19)26-12-9-17(15-26)21(23)27/h3,5,7-8,13,17H,1,4,6,9-12,14-15,22H2,2H3,(H2,23,27)/b7-5-,16-8+,24-18?. The quantitative estimate of drug-likeness (QED) is 0.643. The Labute approximate surface area is 162 Å². The highest BCUT2D eigenvalue weighted by atomic mass is 16.1. The van der Waals surface area contributed by atoms with Gasteiger partial charge in [0.15, 0.2) is 0 Å². The van der Waals surface area contributed by atoms with Crippen molar-refractivity contribution in [2.24, 2.45) is 27.4 Å². The van der Waals surface area contributed by atoms with Gasteiger partial charge in [-0.15, -0.1) is 0 Å². The number of hydrogen-bond acceptors (Lipinski definition) is 5. The number of likely N-dealkylation sites (tertiary alicyclic amines) is 1. The Kier molecular flexibility index (Phi) is 8.20. The van der Waals surface area contributed by atoms with Crippen molar-refractivity contribution in [3.05, 3.63) is 48.2 Å². The van der Waals surface area contributed by atoms with Crippen LogP contribution in [0.25, 0.3) is 0 Å². The number of hydrogen-bond donors (Lipinski definition) is 2. The zero-order valence-corrected chi connectivity index (χ0v) is 16.2. The fourth-order valence-electron chi connectivity index (χ4n) is 3.18. The van der Waals surface area contributed by atoms with E-state index in [9.17, 15) is 4.79 Å². The van der Waals surface area contributed by atoms with Crippen molar-refractivity contribution >= 4 is 17.5 Å². The monoisotopic (exact) mass is 369 g/mol. The molecule has 0 aromatic heterocycles. The molecular formula is C21H31N5O. The van der Waals surface area contributed by atoms with E-state index in [2.05, 4.69) is 29.5 Å². The first-order valence-electron chi connectivity index (χ1n) is 9.65. The molecule has 146 valence electrons. The molecule has 2 heterocycles. The molecule has 0 bridgehead atoms. The van der Waals surface area contributed by atoms with E-state index in [1.54, 1.807) is 6.08 Å². The zero-order valence-electron chi connectivity index (χ0n) is 16.2. The minimum atomic E-state index is -0.237. The predicted octanol–water partition coefficient (Wildman–Crippen LogP) is 2.35. The second kappa shape index (κ2) is 10.6. The number of primary amides is 1. The Balaban J connectivity index is 2.34. The number of allylic oxidation sites excluding steroid dienone is 5. The molecule has 0 aliphatic carbocycles. The first-order chi connectivity index (χ1) is 13.1. The molecule has 0 aromatic carbocycles. The number of amides is 1. The van der Waals surface area contributed by atoms with E-state index in [4.69, 9.17) is 16.5 Å². The first kappa shape index (κ1) is 20.8. The van der Waals surface area contributed by atoms with Crippen molar-refractivity contribution < 1.29 is 4.79 Å². The number of carbonyl (C=O) groups is 1. The SMILES string of the molecule is C=C/C=C\C(=C/CCC)C1=CC(=NCCN)CC(N2CCC(C(N)=O)C2)=N1. The average Bonchev–Trinajstić information content (AvgIpc) is 3.17. The fourth-order valence-corrected chi connectivity index (χ4v) is 3.18. The highest BCUT2D eigenvalue weighted by Gasteiger charge is 2.30. The summed E-state index contributed by atoms with van der Waals surface area (Å²) in [5.74, 6) is 0.600. The molecule has 0 radical (unpaired) electrons. The van der Waals surface area contributed by atoms with E-state index in [-0.39, 0.29) is 11.8 Å². The van der Waals surface area contributed by atoms with Crippen LogP contribution in [-0.2, 0) is 4.79 Å². The number of carbonyl (C=O) groups excluding carboxylic acids is 1. The van der Waals surface area contributed by atoms with Crippen LogP contribution in [0.15, 0.2) is 58.2 Å². The summed E-state index contributed by atoms with van der Waals surface area (Å²) >= 11 is 0. The van der Waals surface area contributed by atoms with Crippen LogP contribution in [0.4, 0.5) is 0 Å². The summed E-state index contributed by atoms with van der Waals surface area (Å²) in [6, 6.07) is 0. The molecule has 2 rings (SSSR count). The molecule has 2 aliphatic rings. The average molecular weight is 370 g/mol. The second-order valence-corrected chi connectivity index (χ2v) is 6.77. The Morgan fingerprint density at radius 2 is 2.33 bits per heavy atom. The predicted molar refractivity (Wildman–Crippen MR) is 113 cm³/mol. The third-order valence-corrected chi connectivity index (χ3v) is 4.65. The maximum absolute atomic E-state index is 11.5. The lowest BCUT2D eigenvalue weighted by Crippen LogP contribution is -2.34. The van der Waals surface area contributed by atoms with Crippen LogP contribution >= 0.6 is 0 Å². The topological polar surface area (TPSA) is 97.1 Å². The summed E-state index contributed by atoms with van der Waals surface area (Å²) in [4.78, 5) is 23.2. The fraction of sp³-hybridized carbons (Fsp3) is 0.476. The molecule has 6 heteroatoms. The lowest BCUT2D eigenvalue weighted by atomic mass is 10.0. The molecule has 27 heavy (non-hydrogen) atoms. The van der Waals surface area contributed by atoms with Gasteiger partial charge in [0.1, 0.15) is 5.84 Å². The van der Waals surface area contributed by atoms with Gasteiger partial charge in [0.2, 0.25) is 5.91 Å². The van der Waals surface area contributed by atoms with E-state index in [1.165, 1.54) is 0 Å². The van der Waals surface area contributed by atoms with Gasteiger partial charge in [-0.25, -0.2) is 4.99 Å². The van der Waals surface area contributed by atoms with E-state index in [0.717, 1.165) is 48.6 Å². The van der Waals surface area contributed by atoms with Crippen LogP contribution in [0.1, 0.15) is 32.6 Å². The van der Waals surface area contributed by atoms with Gasteiger partial charge < -0.3 is 16.4 Å². The summed E-state index contributed by atoms with van der Waals surface area (Å²) in [5.41, 5.74) is 14.0. The van der Waals surface area contributed by atoms with Crippen molar-refractivity contribution in [3.63, 3.8) is 0 Å². The summed E-state index contributed by atoms with van der Waals surface area (Å²) < 4.78 is 0. The van der Waals surface area contributed by atoms with Gasteiger partial charge in [-0.05, 0) is 24.5 Å². The van der Waals surface area contributed by atoms with E-state index >= 15 is 0 Å². The van der Waals surface area contributed by atoms with Crippen molar-refractivity contribution in [1.29, 1.82) is 0 Å². The number of aliphatic imine (C=N–C) groups is 2. The normalized spacial score (nSPS) is 22.3. The lowest BCUT2D eigenvalue weighted by Gasteiger charge is -2.24. The van der Waals surface area contributed by atoms with Gasteiger partial charge in [-0.3, -0.25) is 9.79 Å². The third kappa shape index (κ3) is 6.03. The van der Waals surface area contributed by atoms with Crippen LogP contribution in [0.3, 0.4) is 0 Å². The molecule has 0 saturated carbocycles. The number of amidine groups is 1. The second-order valence-electron chi connectivity index (χ2n) is 6.77. The van der Waals surface area contributed by atoms with Gasteiger partial charge in [-0.2, -0.15) is 0 Å². The van der Waals surface area contributed by atoms with Gasteiger partial charge >= 0.3 is 0 Å². The maximum atomic E-state index is 11.5. The van der Waals surface area contributed by atoms with Crippen LogP contribution in [-0.4, -0.2) is 48.5 Å². The van der Waals surface area contributed by atoms with E-state index < -0.39 is 0 Å². The van der Waals surface area contributed by atoms with Crippen molar-refractivity contribution in [3.8, 4) is 0 Å². The van der Waals surface area contributed by atoms with Crippen LogP contribution in [0, 0.1) is 5.92 Å². The highest BCUT2D eigenvalue weighted by Crippen LogP contribution is 2.24. The summed E-state index contributed by atoms with van der Waals surface area (Å²) in [6.07, 6.45) is 13.4. The van der Waals surface area contributed by atoms with Gasteiger partial charge in [-0.1, -0.05) is 44.2 Å². The minimum absolute atomic E-state index is 0.109. The van der Waals surface area contributed by atoms with Crippen molar-refractivity contribution in [2.45, 2.75) is 32.6 Å².